The first-order valence-electron chi connectivity index (χ1n) is 10.2. The number of imidazole rings is 1. The number of carbonyl (C=O) groups excluding carboxylic acids is 1. The second-order valence-corrected chi connectivity index (χ2v) is 7.71. The van der Waals surface area contributed by atoms with Crippen molar-refractivity contribution in [2.75, 3.05) is 11.9 Å². The van der Waals surface area contributed by atoms with Gasteiger partial charge in [-0.05, 0) is 18.9 Å². The van der Waals surface area contributed by atoms with Gasteiger partial charge in [0, 0.05) is 42.1 Å². The average molecular weight is 457 g/mol. The normalized spacial score (nSPS) is 12.1. The number of pyridine rings is 1. The lowest BCUT2D eigenvalue weighted by Crippen LogP contribution is -2.30. The van der Waals surface area contributed by atoms with E-state index in [4.69, 9.17) is 11.6 Å². The molecule has 32 heavy (non-hydrogen) atoms. The first kappa shape index (κ1) is 21.7. The summed E-state index contributed by atoms with van der Waals surface area (Å²) in [6.45, 7) is 2.46. The minimum Gasteiger partial charge on any atom is -0.365 e. The third-order valence-corrected chi connectivity index (χ3v) is 5.18. The van der Waals surface area contributed by atoms with Gasteiger partial charge in [0.2, 0.25) is 0 Å². The molecule has 11 heteroatoms. The molecule has 4 aromatic heterocycles. The maximum atomic E-state index is 14.5. The number of nitrogens with one attached hydrogen (secondary N) is 4. The van der Waals surface area contributed by atoms with Crippen LogP contribution in [0.15, 0.2) is 37.2 Å². The maximum Gasteiger partial charge on any atom is 0.271 e. The Bertz CT molecular complexity index is 1210. The highest BCUT2D eigenvalue weighted by Crippen LogP contribution is 2.28. The maximum absolute atomic E-state index is 14.5. The van der Waals surface area contributed by atoms with E-state index in [1.807, 2.05) is 6.92 Å². The summed E-state index contributed by atoms with van der Waals surface area (Å²) in [5.74, 6) is -0.349. The number of H-pyrrole nitrogens is 2. The molecule has 9 nitrogen and oxygen atoms in total. The number of aromatic amines is 2. The van der Waals surface area contributed by atoms with Crippen molar-refractivity contribution < 1.29 is 9.18 Å². The summed E-state index contributed by atoms with van der Waals surface area (Å²) in [4.78, 5) is 34.6. The van der Waals surface area contributed by atoms with Crippen molar-refractivity contribution >= 4 is 34.4 Å². The standard InChI is InChI=1S/C21H22ClFN8O/c1-2-3-13(4-5-25-21(32)17-10-24-11-29-17)30-20-16(23)9-28-19(31-20)15-8-27-18-14(15)6-12(22)7-26-18/h6-11,13H,2-5H2,1H3,(H,24,29)(H,25,32)(H,26,27)(H,28,30,31)/t13-/m0/s1. The van der Waals surface area contributed by atoms with Crippen molar-refractivity contribution in [3.05, 3.63) is 53.7 Å². The molecule has 0 saturated carbocycles. The van der Waals surface area contributed by atoms with Gasteiger partial charge in [0.15, 0.2) is 17.5 Å². The minimum atomic E-state index is -0.550. The number of hydrogen-bond acceptors (Lipinski definition) is 6. The third kappa shape index (κ3) is 4.86. The zero-order chi connectivity index (χ0) is 22.5. The van der Waals surface area contributed by atoms with Gasteiger partial charge in [-0.1, -0.05) is 24.9 Å². The van der Waals surface area contributed by atoms with E-state index in [0.29, 0.717) is 40.7 Å². The highest BCUT2D eigenvalue weighted by molar-refractivity contribution is 6.31. The van der Waals surface area contributed by atoms with Crippen LogP contribution in [0.4, 0.5) is 10.2 Å². The molecule has 0 aliphatic rings. The number of carbonyl (C=O) groups is 1. The quantitative estimate of drug-likeness (QED) is 0.302. The summed E-state index contributed by atoms with van der Waals surface area (Å²) in [5, 5.41) is 7.23. The Labute approximate surface area is 188 Å². The second-order valence-electron chi connectivity index (χ2n) is 7.27. The molecular weight excluding hydrogens is 435 g/mol. The predicted molar refractivity (Wildman–Crippen MR) is 120 cm³/mol. The van der Waals surface area contributed by atoms with E-state index in [2.05, 4.69) is 40.5 Å². The number of hydrogen-bond donors (Lipinski definition) is 4. The molecule has 0 radical (unpaired) electrons. The molecule has 4 heterocycles. The van der Waals surface area contributed by atoms with Gasteiger partial charge in [-0.15, -0.1) is 0 Å². The molecule has 1 atom stereocenters. The van der Waals surface area contributed by atoms with Gasteiger partial charge in [0.25, 0.3) is 5.91 Å². The first-order chi connectivity index (χ1) is 15.5. The van der Waals surface area contributed by atoms with Gasteiger partial charge in [-0.25, -0.2) is 24.3 Å². The fourth-order valence-electron chi connectivity index (χ4n) is 3.43. The second kappa shape index (κ2) is 9.73. The van der Waals surface area contributed by atoms with E-state index >= 15 is 0 Å². The molecular formula is C21H22ClFN8O. The van der Waals surface area contributed by atoms with Crippen LogP contribution in [0.3, 0.4) is 0 Å². The van der Waals surface area contributed by atoms with E-state index in [1.165, 1.54) is 12.5 Å². The predicted octanol–water partition coefficient (Wildman–Crippen LogP) is 3.94. The average Bonchev–Trinajstić information content (AvgIpc) is 3.45. The molecule has 0 unspecified atom stereocenters. The van der Waals surface area contributed by atoms with Gasteiger partial charge in [0.1, 0.15) is 11.3 Å². The van der Waals surface area contributed by atoms with E-state index in [9.17, 15) is 9.18 Å². The zero-order valence-corrected chi connectivity index (χ0v) is 18.1. The van der Waals surface area contributed by atoms with Gasteiger partial charge in [-0.2, -0.15) is 0 Å². The van der Waals surface area contributed by atoms with Crippen LogP contribution in [-0.2, 0) is 0 Å². The fourth-order valence-corrected chi connectivity index (χ4v) is 3.58. The van der Waals surface area contributed by atoms with Crippen LogP contribution in [-0.4, -0.2) is 48.4 Å². The molecule has 0 spiro atoms. The van der Waals surface area contributed by atoms with Crippen molar-refractivity contribution in [3.8, 4) is 11.4 Å². The van der Waals surface area contributed by atoms with Crippen LogP contribution in [0, 0.1) is 5.82 Å². The Morgan fingerprint density at radius 1 is 1.22 bits per heavy atom. The van der Waals surface area contributed by atoms with Crippen molar-refractivity contribution in [2.45, 2.75) is 32.2 Å². The largest absolute Gasteiger partial charge is 0.365 e. The highest BCUT2D eigenvalue weighted by Gasteiger charge is 2.17. The van der Waals surface area contributed by atoms with Crippen LogP contribution in [0.5, 0.6) is 0 Å². The summed E-state index contributed by atoms with van der Waals surface area (Å²) in [6, 6.07) is 1.67. The summed E-state index contributed by atoms with van der Waals surface area (Å²) < 4.78 is 14.5. The number of anilines is 1. The van der Waals surface area contributed by atoms with E-state index in [1.54, 1.807) is 18.5 Å². The van der Waals surface area contributed by atoms with Crippen molar-refractivity contribution in [2.24, 2.45) is 0 Å². The number of aromatic nitrogens is 6. The summed E-state index contributed by atoms with van der Waals surface area (Å²) in [5.41, 5.74) is 1.64. The van der Waals surface area contributed by atoms with E-state index < -0.39 is 5.82 Å². The summed E-state index contributed by atoms with van der Waals surface area (Å²) >= 11 is 6.07. The third-order valence-electron chi connectivity index (χ3n) is 4.97. The molecule has 0 bridgehead atoms. The number of fused-ring (bicyclic) bond motifs is 1. The lowest BCUT2D eigenvalue weighted by atomic mass is 10.1. The molecule has 1 amide bonds. The molecule has 0 saturated heterocycles. The van der Waals surface area contributed by atoms with E-state index in [-0.39, 0.29) is 17.8 Å². The number of amides is 1. The molecule has 0 aliphatic carbocycles. The smallest absolute Gasteiger partial charge is 0.271 e. The van der Waals surface area contributed by atoms with Gasteiger partial charge < -0.3 is 20.6 Å². The van der Waals surface area contributed by atoms with Gasteiger partial charge >= 0.3 is 0 Å². The van der Waals surface area contributed by atoms with Crippen LogP contribution >= 0.6 is 11.6 Å². The summed E-state index contributed by atoms with van der Waals surface area (Å²) in [6.07, 6.45) is 9.65. The molecule has 0 aliphatic heterocycles. The van der Waals surface area contributed by atoms with E-state index in [0.717, 1.165) is 24.4 Å². The zero-order valence-electron chi connectivity index (χ0n) is 17.3. The van der Waals surface area contributed by atoms with Crippen LogP contribution in [0.2, 0.25) is 5.02 Å². The van der Waals surface area contributed by atoms with Crippen molar-refractivity contribution in [1.82, 2.24) is 35.2 Å². The Hall–Kier alpha value is -3.53. The summed E-state index contributed by atoms with van der Waals surface area (Å²) in [7, 11) is 0. The number of rotatable bonds is 9. The molecule has 0 aromatic carbocycles. The Morgan fingerprint density at radius 2 is 2.09 bits per heavy atom. The number of nitrogens with zero attached hydrogens (tertiary/aromatic N) is 4. The Kier molecular flexibility index (Phi) is 6.60. The minimum absolute atomic E-state index is 0.0872. The van der Waals surface area contributed by atoms with Crippen LogP contribution < -0.4 is 10.6 Å². The molecule has 166 valence electrons. The lowest BCUT2D eigenvalue weighted by Gasteiger charge is -2.19. The molecule has 4 rings (SSSR count). The first-order valence-corrected chi connectivity index (χ1v) is 10.6. The fraction of sp³-hybridized carbons (Fsp3) is 0.286. The van der Waals surface area contributed by atoms with Gasteiger partial charge in [0.05, 0.1) is 17.5 Å². The number of halogens is 2. The Morgan fingerprint density at radius 3 is 2.88 bits per heavy atom. The SMILES string of the molecule is CCC[C@@H](CCNC(=O)c1c[nH]cn1)Nc1nc(-c2c[nH]c3ncc(Cl)cc23)ncc1F. The topological polar surface area (TPSA) is 124 Å². The Balaban J connectivity index is 1.48. The van der Waals surface area contributed by atoms with Crippen molar-refractivity contribution in [3.63, 3.8) is 0 Å². The van der Waals surface area contributed by atoms with Gasteiger partial charge in [-0.3, -0.25) is 4.79 Å². The molecule has 4 N–H and O–H groups in total. The molecule has 0 fully saturated rings. The van der Waals surface area contributed by atoms with Crippen molar-refractivity contribution in [1.29, 1.82) is 0 Å². The molecule has 4 aromatic rings. The highest BCUT2D eigenvalue weighted by atomic mass is 35.5. The lowest BCUT2D eigenvalue weighted by molar-refractivity contribution is 0.0948. The van der Waals surface area contributed by atoms with Crippen LogP contribution in [0.25, 0.3) is 22.4 Å². The van der Waals surface area contributed by atoms with Crippen LogP contribution in [0.1, 0.15) is 36.7 Å². The monoisotopic (exact) mass is 456 g/mol.